The van der Waals surface area contributed by atoms with Crippen molar-refractivity contribution in [3.63, 3.8) is 0 Å². The van der Waals surface area contributed by atoms with Gasteiger partial charge in [-0.2, -0.15) is 21.6 Å². The van der Waals surface area contributed by atoms with Crippen LogP contribution in [0.25, 0.3) is 0 Å². The molecule has 1 aliphatic carbocycles. The van der Waals surface area contributed by atoms with E-state index < -0.39 is 33.3 Å². The summed E-state index contributed by atoms with van der Waals surface area (Å²) in [5.41, 5.74) is -5.48. The normalized spacial score (nSPS) is 20.9. The molecular formula is C8H9F3O5S. The number of rotatable bonds is 3. The van der Waals surface area contributed by atoms with Gasteiger partial charge in [-0.05, 0) is 12.5 Å². The largest absolute Gasteiger partial charge is 0.534 e. The Labute approximate surface area is 95.3 Å². The van der Waals surface area contributed by atoms with Crippen LogP contribution >= 0.6 is 0 Å². The fourth-order valence-corrected chi connectivity index (χ4v) is 1.80. The Hall–Kier alpha value is -1.25. The highest BCUT2D eigenvalue weighted by Crippen LogP contribution is 2.32. The van der Waals surface area contributed by atoms with E-state index in [1.807, 2.05) is 0 Å². The average Bonchev–Trinajstić information content (AvgIpc) is 2.62. The van der Waals surface area contributed by atoms with Crippen LogP contribution in [0.5, 0.6) is 0 Å². The van der Waals surface area contributed by atoms with Crippen LogP contribution in [-0.4, -0.2) is 27.0 Å². The zero-order chi connectivity index (χ0) is 13.3. The molecular weight excluding hydrogens is 265 g/mol. The molecule has 0 aliphatic heterocycles. The summed E-state index contributed by atoms with van der Waals surface area (Å²) in [6.45, 7) is 0. The Morgan fingerprint density at radius 3 is 2.53 bits per heavy atom. The predicted octanol–water partition coefficient (Wildman–Crippen LogP) is 1.32. The van der Waals surface area contributed by atoms with Crippen LogP contribution in [0.2, 0.25) is 0 Å². The predicted molar refractivity (Wildman–Crippen MR) is 48.9 cm³/mol. The molecule has 9 heteroatoms. The second-order valence-corrected chi connectivity index (χ2v) is 4.82. The quantitative estimate of drug-likeness (QED) is 0.441. The van der Waals surface area contributed by atoms with Gasteiger partial charge in [0.05, 0.1) is 13.0 Å². The minimum atomic E-state index is -5.66. The summed E-state index contributed by atoms with van der Waals surface area (Å²) >= 11 is 0. The molecule has 0 amide bonds. The third-order valence-electron chi connectivity index (χ3n) is 2.09. The number of esters is 1. The van der Waals surface area contributed by atoms with Crippen molar-refractivity contribution in [3.8, 4) is 0 Å². The highest BCUT2D eigenvalue weighted by Gasteiger charge is 2.49. The van der Waals surface area contributed by atoms with Gasteiger partial charge in [0.25, 0.3) is 0 Å². The van der Waals surface area contributed by atoms with Gasteiger partial charge in [0.2, 0.25) is 0 Å². The lowest BCUT2D eigenvalue weighted by molar-refractivity contribution is -0.143. The van der Waals surface area contributed by atoms with Gasteiger partial charge in [0.15, 0.2) is 0 Å². The first kappa shape index (κ1) is 13.8. The van der Waals surface area contributed by atoms with Crippen LogP contribution in [0.15, 0.2) is 11.8 Å². The molecule has 0 aromatic rings. The molecule has 0 radical (unpaired) electrons. The summed E-state index contributed by atoms with van der Waals surface area (Å²) in [6, 6.07) is 0. The Balaban J connectivity index is 2.76. The molecule has 5 nitrogen and oxygen atoms in total. The second-order valence-electron chi connectivity index (χ2n) is 3.28. The Morgan fingerprint density at radius 2 is 2.06 bits per heavy atom. The van der Waals surface area contributed by atoms with Crippen molar-refractivity contribution in [1.29, 1.82) is 0 Å². The lowest BCUT2D eigenvalue weighted by atomic mass is 10.1. The summed E-state index contributed by atoms with van der Waals surface area (Å²) in [4.78, 5) is 11.0. The Kier molecular flexibility index (Phi) is 3.70. The van der Waals surface area contributed by atoms with Crippen LogP contribution < -0.4 is 0 Å². The van der Waals surface area contributed by atoms with E-state index in [1.165, 1.54) is 0 Å². The van der Waals surface area contributed by atoms with Gasteiger partial charge in [-0.1, -0.05) is 0 Å². The summed E-state index contributed by atoms with van der Waals surface area (Å²) in [7, 11) is -4.53. The first-order valence-electron chi connectivity index (χ1n) is 4.46. The molecule has 1 aliphatic rings. The van der Waals surface area contributed by atoms with Gasteiger partial charge in [0.1, 0.15) is 5.76 Å². The van der Waals surface area contributed by atoms with E-state index in [2.05, 4.69) is 8.92 Å². The first-order valence-corrected chi connectivity index (χ1v) is 5.87. The monoisotopic (exact) mass is 274 g/mol. The van der Waals surface area contributed by atoms with E-state index in [4.69, 9.17) is 0 Å². The number of methoxy groups -OCH3 is 1. The molecule has 0 aromatic heterocycles. The average molecular weight is 274 g/mol. The molecule has 17 heavy (non-hydrogen) atoms. The fourth-order valence-electron chi connectivity index (χ4n) is 1.28. The van der Waals surface area contributed by atoms with E-state index in [-0.39, 0.29) is 12.8 Å². The van der Waals surface area contributed by atoms with Crippen molar-refractivity contribution >= 4 is 16.1 Å². The SMILES string of the molecule is COC(=O)[C@H]1C=C(OS(=O)(=O)C(F)(F)F)CC1. The first-order chi connectivity index (χ1) is 7.67. The molecule has 0 saturated heterocycles. The lowest BCUT2D eigenvalue weighted by Crippen LogP contribution is -2.25. The van der Waals surface area contributed by atoms with Crippen LogP contribution in [0.1, 0.15) is 12.8 Å². The lowest BCUT2D eigenvalue weighted by Gasteiger charge is -2.09. The maximum Gasteiger partial charge on any atom is 0.534 e. The van der Waals surface area contributed by atoms with Gasteiger partial charge in [-0.3, -0.25) is 4.79 Å². The van der Waals surface area contributed by atoms with Crippen molar-refractivity contribution in [1.82, 2.24) is 0 Å². The van der Waals surface area contributed by atoms with Gasteiger partial charge < -0.3 is 8.92 Å². The third kappa shape index (κ3) is 3.11. The molecule has 0 saturated carbocycles. The standard InChI is InChI=1S/C8H9F3O5S/c1-15-7(12)5-2-3-6(4-5)16-17(13,14)8(9,10)11/h4-5H,2-3H2,1H3/t5-/m1/s1. The zero-order valence-corrected chi connectivity index (χ0v) is 9.47. The van der Waals surface area contributed by atoms with Crippen LogP contribution in [0.3, 0.4) is 0 Å². The minimum absolute atomic E-state index is 0.0604. The Morgan fingerprint density at radius 1 is 1.47 bits per heavy atom. The van der Waals surface area contributed by atoms with Gasteiger partial charge in [-0.25, -0.2) is 0 Å². The molecule has 0 bridgehead atoms. The summed E-state index contributed by atoms with van der Waals surface area (Å²) in [5.74, 6) is -1.80. The molecule has 98 valence electrons. The molecule has 0 heterocycles. The Bertz CT molecular complexity index is 437. The van der Waals surface area contributed by atoms with E-state index in [0.717, 1.165) is 13.2 Å². The van der Waals surface area contributed by atoms with Crippen LogP contribution in [0, 0.1) is 5.92 Å². The number of hydrogen-bond donors (Lipinski definition) is 0. The number of hydrogen-bond acceptors (Lipinski definition) is 5. The van der Waals surface area contributed by atoms with Gasteiger partial charge in [-0.15, -0.1) is 0 Å². The van der Waals surface area contributed by atoms with E-state index in [1.54, 1.807) is 0 Å². The zero-order valence-electron chi connectivity index (χ0n) is 8.65. The number of halogens is 3. The van der Waals surface area contributed by atoms with Crippen LogP contribution in [0.4, 0.5) is 13.2 Å². The summed E-state index contributed by atoms with van der Waals surface area (Å²) in [5, 5.41) is 0. The van der Waals surface area contributed by atoms with E-state index >= 15 is 0 Å². The minimum Gasteiger partial charge on any atom is -0.469 e. The number of carbonyl (C=O) groups is 1. The highest BCUT2D eigenvalue weighted by molar-refractivity contribution is 7.87. The van der Waals surface area contributed by atoms with Crippen molar-refractivity contribution < 1.29 is 35.3 Å². The number of allylic oxidation sites excluding steroid dienone is 1. The molecule has 1 atom stereocenters. The topological polar surface area (TPSA) is 69.7 Å². The number of alkyl halides is 3. The third-order valence-corrected chi connectivity index (χ3v) is 3.09. The highest BCUT2D eigenvalue weighted by atomic mass is 32.2. The van der Waals surface area contributed by atoms with E-state index in [0.29, 0.717) is 0 Å². The molecule has 0 N–H and O–H groups in total. The molecule has 0 fully saturated rings. The number of ether oxygens (including phenoxy) is 1. The molecule has 0 unspecified atom stereocenters. The summed E-state index contributed by atoms with van der Waals surface area (Å²) < 4.78 is 65.5. The molecule has 0 spiro atoms. The maximum atomic E-state index is 12.0. The van der Waals surface area contributed by atoms with Crippen LogP contribution in [-0.2, 0) is 23.8 Å². The van der Waals surface area contributed by atoms with Gasteiger partial charge in [0, 0.05) is 6.42 Å². The molecule has 1 rings (SSSR count). The summed E-state index contributed by atoms with van der Waals surface area (Å²) in [6.07, 6.45) is 1.12. The van der Waals surface area contributed by atoms with Crippen molar-refractivity contribution in [2.45, 2.75) is 18.3 Å². The fraction of sp³-hybridized carbons (Fsp3) is 0.625. The van der Waals surface area contributed by atoms with Crippen molar-refractivity contribution in [3.05, 3.63) is 11.8 Å². The molecule has 0 aromatic carbocycles. The number of carbonyl (C=O) groups excluding carboxylic acids is 1. The maximum absolute atomic E-state index is 12.0. The van der Waals surface area contributed by atoms with E-state index in [9.17, 15) is 26.4 Å². The van der Waals surface area contributed by atoms with Crippen molar-refractivity contribution in [2.75, 3.05) is 7.11 Å². The van der Waals surface area contributed by atoms with Crippen molar-refractivity contribution in [2.24, 2.45) is 5.92 Å². The van der Waals surface area contributed by atoms with Gasteiger partial charge >= 0.3 is 21.6 Å². The second kappa shape index (κ2) is 4.55. The smallest absolute Gasteiger partial charge is 0.469 e.